The van der Waals surface area contributed by atoms with Gasteiger partial charge in [0.2, 0.25) is 0 Å². The van der Waals surface area contributed by atoms with E-state index in [2.05, 4.69) is 4.90 Å². The van der Waals surface area contributed by atoms with Crippen molar-refractivity contribution in [2.24, 2.45) is 0 Å². The molecule has 0 aliphatic carbocycles. The lowest BCUT2D eigenvalue weighted by atomic mass is 10.2. The molecule has 2 nitrogen and oxygen atoms in total. The summed E-state index contributed by atoms with van der Waals surface area (Å²) in [6.07, 6.45) is 0. The summed E-state index contributed by atoms with van der Waals surface area (Å²) >= 11 is 5.67. The van der Waals surface area contributed by atoms with Crippen LogP contribution in [0.4, 0.5) is 4.39 Å². The largest absolute Gasteiger partial charge is 0.497 e. The predicted octanol–water partition coefficient (Wildman–Crippen LogP) is 2.90. The molecule has 0 atom stereocenters. The topological polar surface area (TPSA) is 12.5 Å². The van der Waals surface area contributed by atoms with E-state index >= 15 is 0 Å². The molecule has 0 fully saturated rings. The summed E-state index contributed by atoms with van der Waals surface area (Å²) in [7, 11) is 1.53. The Morgan fingerprint density at radius 2 is 2.19 bits per heavy atom. The van der Waals surface area contributed by atoms with Crippen LogP contribution in [0, 0.1) is 5.82 Å². The van der Waals surface area contributed by atoms with Gasteiger partial charge in [-0.25, -0.2) is 4.39 Å². The molecule has 0 amide bonds. The Labute approximate surface area is 101 Å². The fourth-order valence-corrected chi connectivity index (χ4v) is 1.73. The number of halogens is 2. The molecule has 0 radical (unpaired) electrons. The quantitative estimate of drug-likeness (QED) is 0.715. The normalized spacial score (nSPS) is 10.8. The van der Waals surface area contributed by atoms with Crippen LogP contribution in [0.2, 0.25) is 0 Å². The van der Waals surface area contributed by atoms with Crippen LogP contribution >= 0.6 is 11.6 Å². The SMILES string of the molecule is CCN(CCCl)Cc1ccc(OC)cc1F. The molecule has 0 heterocycles. The van der Waals surface area contributed by atoms with Gasteiger partial charge in [0.15, 0.2) is 0 Å². The van der Waals surface area contributed by atoms with Crippen LogP contribution in [0.15, 0.2) is 18.2 Å². The number of hydrogen-bond donors (Lipinski definition) is 0. The summed E-state index contributed by atoms with van der Waals surface area (Å²) in [4.78, 5) is 2.10. The van der Waals surface area contributed by atoms with E-state index in [4.69, 9.17) is 16.3 Å². The molecule has 0 aliphatic rings. The number of ether oxygens (including phenoxy) is 1. The Bertz CT molecular complexity index is 333. The number of rotatable bonds is 6. The van der Waals surface area contributed by atoms with Crippen molar-refractivity contribution >= 4 is 11.6 Å². The molecule has 4 heteroatoms. The van der Waals surface area contributed by atoms with Gasteiger partial charge in [-0.3, -0.25) is 4.90 Å². The first-order valence-electron chi connectivity index (χ1n) is 5.32. The highest BCUT2D eigenvalue weighted by Crippen LogP contribution is 2.17. The van der Waals surface area contributed by atoms with Gasteiger partial charge in [-0.2, -0.15) is 0 Å². The van der Waals surface area contributed by atoms with Crippen molar-refractivity contribution in [3.63, 3.8) is 0 Å². The van der Waals surface area contributed by atoms with Gasteiger partial charge >= 0.3 is 0 Å². The van der Waals surface area contributed by atoms with Gasteiger partial charge in [0.1, 0.15) is 11.6 Å². The van der Waals surface area contributed by atoms with Gasteiger partial charge in [0.25, 0.3) is 0 Å². The van der Waals surface area contributed by atoms with Gasteiger partial charge < -0.3 is 4.74 Å². The molecule has 0 saturated heterocycles. The third-order valence-electron chi connectivity index (χ3n) is 2.50. The summed E-state index contributed by atoms with van der Waals surface area (Å²) in [5, 5.41) is 0. The first-order chi connectivity index (χ1) is 7.71. The van der Waals surface area contributed by atoms with Crippen LogP contribution < -0.4 is 4.74 Å². The molecule has 0 saturated carbocycles. The second-order valence-corrected chi connectivity index (χ2v) is 3.89. The molecule has 0 spiro atoms. The number of benzene rings is 1. The molecule has 90 valence electrons. The monoisotopic (exact) mass is 245 g/mol. The van der Waals surface area contributed by atoms with Gasteiger partial charge in [-0.15, -0.1) is 11.6 Å². The maximum atomic E-state index is 13.6. The molecule has 0 unspecified atom stereocenters. The summed E-state index contributed by atoms with van der Waals surface area (Å²) in [6.45, 7) is 4.24. The lowest BCUT2D eigenvalue weighted by Gasteiger charge is -2.19. The zero-order chi connectivity index (χ0) is 12.0. The van der Waals surface area contributed by atoms with Crippen molar-refractivity contribution in [3.8, 4) is 5.75 Å². The number of alkyl halides is 1. The second kappa shape index (κ2) is 6.71. The van der Waals surface area contributed by atoms with E-state index in [0.717, 1.165) is 13.1 Å². The maximum absolute atomic E-state index is 13.6. The van der Waals surface area contributed by atoms with E-state index in [1.165, 1.54) is 13.2 Å². The highest BCUT2D eigenvalue weighted by molar-refractivity contribution is 6.18. The Kier molecular flexibility index (Phi) is 5.56. The van der Waals surface area contributed by atoms with Crippen LogP contribution in [-0.2, 0) is 6.54 Å². The van der Waals surface area contributed by atoms with Gasteiger partial charge in [0.05, 0.1) is 7.11 Å². The van der Waals surface area contributed by atoms with Gasteiger partial charge in [-0.05, 0) is 12.6 Å². The number of nitrogens with zero attached hydrogens (tertiary/aromatic N) is 1. The lowest BCUT2D eigenvalue weighted by Crippen LogP contribution is -2.25. The molecule has 0 bridgehead atoms. The molecule has 0 aliphatic heterocycles. The van der Waals surface area contributed by atoms with Crippen molar-refractivity contribution in [1.29, 1.82) is 0 Å². The molecule has 1 aromatic carbocycles. The van der Waals surface area contributed by atoms with E-state index in [1.807, 2.05) is 6.92 Å². The summed E-state index contributed by atoms with van der Waals surface area (Å²) in [5.41, 5.74) is 0.674. The highest BCUT2D eigenvalue weighted by Gasteiger charge is 2.08. The number of methoxy groups -OCH3 is 1. The Hall–Kier alpha value is -0.800. The smallest absolute Gasteiger partial charge is 0.131 e. The average molecular weight is 246 g/mol. The zero-order valence-corrected chi connectivity index (χ0v) is 10.4. The van der Waals surface area contributed by atoms with Crippen molar-refractivity contribution in [2.45, 2.75) is 13.5 Å². The molecule has 0 N–H and O–H groups in total. The number of hydrogen-bond acceptors (Lipinski definition) is 2. The molecular formula is C12H17ClFNO. The van der Waals surface area contributed by atoms with Crippen molar-refractivity contribution in [2.75, 3.05) is 26.1 Å². The molecule has 16 heavy (non-hydrogen) atoms. The van der Waals surface area contributed by atoms with E-state index in [9.17, 15) is 4.39 Å². The van der Waals surface area contributed by atoms with Crippen molar-refractivity contribution in [1.82, 2.24) is 4.90 Å². The summed E-state index contributed by atoms with van der Waals surface area (Å²) in [6, 6.07) is 4.93. The van der Waals surface area contributed by atoms with Crippen LogP contribution in [0.1, 0.15) is 12.5 Å². The van der Waals surface area contributed by atoms with Crippen LogP contribution in [0.3, 0.4) is 0 Å². The first kappa shape index (κ1) is 13.3. The average Bonchev–Trinajstić information content (AvgIpc) is 2.30. The van der Waals surface area contributed by atoms with Crippen LogP contribution in [0.25, 0.3) is 0 Å². The van der Waals surface area contributed by atoms with Crippen molar-refractivity contribution in [3.05, 3.63) is 29.6 Å². The second-order valence-electron chi connectivity index (χ2n) is 3.52. The van der Waals surface area contributed by atoms with Gasteiger partial charge in [-0.1, -0.05) is 13.0 Å². The van der Waals surface area contributed by atoms with Crippen molar-refractivity contribution < 1.29 is 9.13 Å². The Morgan fingerprint density at radius 3 is 2.69 bits per heavy atom. The fourth-order valence-electron chi connectivity index (χ4n) is 1.49. The predicted molar refractivity (Wildman–Crippen MR) is 64.6 cm³/mol. The van der Waals surface area contributed by atoms with E-state index in [1.54, 1.807) is 12.1 Å². The Balaban J connectivity index is 2.72. The van der Waals surface area contributed by atoms with Crippen LogP contribution in [0.5, 0.6) is 5.75 Å². The minimum atomic E-state index is -0.229. The fraction of sp³-hybridized carbons (Fsp3) is 0.500. The third kappa shape index (κ3) is 3.65. The summed E-state index contributed by atoms with van der Waals surface area (Å²) in [5.74, 6) is 0.875. The van der Waals surface area contributed by atoms with E-state index in [-0.39, 0.29) is 5.82 Å². The minimum Gasteiger partial charge on any atom is -0.497 e. The third-order valence-corrected chi connectivity index (χ3v) is 2.67. The van der Waals surface area contributed by atoms with Gasteiger partial charge in [0, 0.05) is 30.6 Å². The molecule has 1 aromatic rings. The van der Waals surface area contributed by atoms with E-state index in [0.29, 0.717) is 23.7 Å². The molecule has 1 rings (SSSR count). The first-order valence-corrected chi connectivity index (χ1v) is 5.85. The molecule has 0 aromatic heterocycles. The maximum Gasteiger partial charge on any atom is 0.131 e. The minimum absolute atomic E-state index is 0.229. The van der Waals surface area contributed by atoms with Crippen LogP contribution in [-0.4, -0.2) is 31.0 Å². The summed E-state index contributed by atoms with van der Waals surface area (Å²) < 4.78 is 18.6. The molecular weight excluding hydrogens is 229 g/mol. The standard InChI is InChI=1S/C12H17ClFNO/c1-3-15(7-6-13)9-10-4-5-11(16-2)8-12(10)14/h4-5,8H,3,6-7,9H2,1-2H3. The Morgan fingerprint density at radius 1 is 1.44 bits per heavy atom. The lowest BCUT2D eigenvalue weighted by molar-refractivity contribution is 0.292. The zero-order valence-electron chi connectivity index (χ0n) is 9.67. The highest BCUT2D eigenvalue weighted by atomic mass is 35.5. The van der Waals surface area contributed by atoms with E-state index < -0.39 is 0 Å².